The van der Waals surface area contributed by atoms with Gasteiger partial charge in [0.1, 0.15) is 24.2 Å². The number of hydrogen-bond donors (Lipinski definition) is 1. The maximum atomic E-state index is 10.0. The van der Waals surface area contributed by atoms with Crippen LogP contribution >= 0.6 is 11.6 Å². The van der Waals surface area contributed by atoms with E-state index in [2.05, 4.69) is 0 Å². The fraction of sp³-hybridized carbons (Fsp3) is 0.200. The van der Waals surface area contributed by atoms with Crippen molar-refractivity contribution in [3.63, 3.8) is 0 Å². The second kappa shape index (κ2) is 6.45. The Labute approximate surface area is 117 Å². The van der Waals surface area contributed by atoms with E-state index in [1.807, 2.05) is 24.3 Å². The van der Waals surface area contributed by atoms with Gasteiger partial charge in [-0.25, -0.2) is 0 Å². The molecule has 2 aromatic carbocycles. The van der Waals surface area contributed by atoms with Crippen molar-refractivity contribution in [2.45, 2.75) is 6.10 Å². The summed E-state index contributed by atoms with van der Waals surface area (Å²) in [5.41, 5.74) is 0.732. The lowest BCUT2D eigenvalue weighted by Crippen LogP contribution is -2.09. The van der Waals surface area contributed by atoms with Crippen LogP contribution in [0.3, 0.4) is 0 Å². The number of methoxy groups -OCH3 is 1. The number of benzene rings is 2. The highest BCUT2D eigenvalue weighted by molar-refractivity contribution is 6.30. The van der Waals surface area contributed by atoms with Gasteiger partial charge in [-0.3, -0.25) is 0 Å². The first kappa shape index (κ1) is 13.7. The molecule has 0 bridgehead atoms. The van der Waals surface area contributed by atoms with E-state index in [9.17, 15) is 5.11 Å². The molecule has 1 N–H and O–H groups in total. The SMILES string of the molecule is COc1cccc(OCC(O)c2cccc(Cl)c2)c1. The van der Waals surface area contributed by atoms with Crippen LogP contribution in [0.1, 0.15) is 11.7 Å². The Balaban J connectivity index is 1.98. The molecule has 4 heteroatoms. The molecule has 0 aliphatic carbocycles. The fourth-order valence-corrected chi connectivity index (χ4v) is 1.87. The van der Waals surface area contributed by atoms with Crippen LogP contribution in [0.25, 0.3) is 0 Å². The van der Waals surface area contributed by atoms with Crippen molar-refractivity contribution in [3.8, 4) is 11.5 Å². The molecule has 0 amide bonds. The summed E-state index contributed by atoms with van der Waals surface area (Å²) in [7, 11) is 1.60. The molecular weight excluding hydrogens is 264 g/mol. The minimum atomic E-state index is -0.718. The molecule has 100 valence electrons. The van der Waals surface area contributed by atoms with Crippen LogP contribution in [0.4, 0.5) is 0 Å². The second-order valence-corrected chi connectivity index (χ2v) is 4.50. The molecule has 2 rings (SSSR count). The third kappa shape index (κ3) is 3.88. The lowest BCUT2D eigenvalue weighted by Gasteiger charge is -2.13. The van der Waals surface area contributed by atoms with E-state index >= 15 is 0 Å². The largest absolute Gasteiger partial charge is 0.497 e. The van der Waals surface area contributed by atoms with Gasteiger partial charge in [0, 0.05) is 11.1 Å². The highest BCUT2D eigenvalue weighted by Crippen LogP contribution is 2.22. The molecule has 0 radical (unpaired) electrons. The maximum absolute atomic E-state index is 10.0. The quantitative estimate of drug-likeness (QED) is 0.910. The Bertz CT molecular complexity index is 542. The van der Waals surface area contributed by atoms with Crippen LogP contribution in [0.2, 0.25) is 5.02 Å². The maximum Gasteiger partial charge on any atom is 0.123 e. The minimum Gasteiger partial charge on any atom is -0.497 e. The molecule has 1 atom stereocenters. The van der Waals surface area contributed by atoms with Crippen molar-refractivity contribution < 1.29 is 14.6 Å². The molecule has 2 aromatic rings. The lowest BCUT2D eigenvalue weighted by atomic mass is 10.1. The molecule has 0 saturated heterocycles. The Morgan fingerprint density at radius 3 is 2.58 bits per heavy atom. The first-order valence-corrected chi connectivity index (χ1v) is 6.27. The number of hydrogen-bond acceptors (Lipinski definition) is 3. The lowest BCUT2D eigenvalue weighted by molar-refractivity contribution is 0.108. The molecule has 0 aliphatic rings. The molecular formula is C15H15ClO3. The zero-order valence-electron chi connectivity index (χ0n) is 10.5. The van der Waals surface area contributed by atoms with Gasteiger partial charge in [-0.1, -0.05) is 29.8 Å². The normalized spacial score (nSPS) is 11.9. The van der Waals surface area contributed by atoms with Crippen molar-refractivity contribution in [1.29, 1.82) is 0 Å². The first-order valence-electron chi connectivity index (χ1n) is 5.89. The van der Waals surface area contributed by atoms with Gasteiger partial charge < -0.3 is 14.6 Å². The zero-order chi connectivity index (χ0) is 13.7. The Morgan fingerprint density at radius 1 is 1.11 bits per heavy atom. The molecule has 0 aliphatic heterocycles. The molecule has 0 saturated carbocycles. The average molecular weight is 279 g/mol. The number of rotatable bonds is 5. The third-order valence-electron chi connectivity index (χ3n) is 2.68. The summed E-state index contributed by atoms with van der Waals surface area (Å²) < 4.78 is 10.6. The van der Waals surface area contributed by atoms with Gasteiger partial charge in [0.05, 0.1) is 7.11 Å². The summed E-state index contributed by atoms with van der Waals surface area (Å²) >= 11 is 5.88. The van der Waals surface area contributed by atoms with Crippen molar-refractivity contribution in [3.05, 3.63) is 59.1 Å². The van der Waals surface area contributed by atoms with Crippen LogP contribution in [-0.4, -0.2) is 18.8 Å². The Morgan fingerprint density at radius 2 is 1.84 bits per heavy atom. The molecule has 0 spiro atoms. The minimum absolute atomic E-state index is 0.160. The fourth-order valence-electron chi connectivity index (χ4n) is 1.68. The van der Waals surface area contributed by atoms with E-state index in [4.69, 9.17) is 21.1 Å². The van der Waals surface area contributed by atoms with Crippen molar-refractivity contribution in [2.75, 3.05) is 13.7 Å². The molecule has 0 aromatic heterocycles. The topological polar surface area (TPSA) is 38.7 Å². The van der Waals surface area contributed by atoms with E-state index in [0.717, 1.165) is 11.3 Å². The first-order chi connectivity index (χ1) is 9.19. The van der Waals surface area contributed by atoms with E-state index in [0.29, 0.717) is 10.8 Å². The van der Waals surface area contributed by atoms with Crippen LogP contribution in [-0.2, 0) is 0 Å². The van der Waals surface area contributed by atoms with E-state index in [1.165, 1.54) is 0 Å². The van der Waals surface area contributed by atoms with Gasteiger partial charge in [0.25, 0.3) is 0 Å². The predicted octanol–water partition coefficient (Wildman–Crippen LogP) is 3.46. The van der Waals surface area contributed by atoms with Crippen LogP contribution in [0, 0.1) is 0 Å². The number of aliphatic hydroxyl groups excluding tert-OH is 1. The van der Waals surface area contributed by atoms with Crippen LogP contribution in [0.5, 0.6) is 11.5 Å². The summed E-state index contributed by atoms with van der Waals surface area (Å²) in [6.07, 6.45) is -0.718. The third-order valence-corrected chi connectivity index (χ3v) is 2.92. The Hall–Kier alpha value is -1.71. The van der Waals surface area contributed by atoms with Crippen molar-refractivity contribution in [2.24, 2.45) is 0 Å². The predicted molar refractivity (Wildman–Crippen MR) is 74.9 cm³/mol. The summed E-state index contributed by atoms with van der Waals surface area (Å²) in [5.74, 6) is 1.37. The van der Waals surface area contributed by atoms with Crippen molar-refractivity contribution in [1.82, 2.24) is 0 Å². The average Bonchev–Trinajstić information content (AvgIpc) is 2.45. The summed E-state index contributed by atoms with van der Waals surface area (Å²) in [5, 5.41) is 10.6. The van der Waals surface area contributed by atoms with Gasteiger partial charge in [-0.2, -0.15) is 0 Å². The molecule has 0 fully saturated rings. The number of aliphatic hydroxyl groups is 1. The van der Waals surface area contributed by atoms with Gasteiger partial charge >= 0.3 is 0 Å². The molecule has 3 nitrogen and oxygen atoms in total. The highest BCUT2D eigenvalue weighted by atomic mass is 35.5. The van der Waals surface area contributed by atoms with Gasteiger partial charge in [-0.15, -0.1) is 0 Å². The summed E-state index contributed by atoms with van der Waals surface area (Å²) in [6, 6.07) is 14.3. The number of ether oxygens (including phenoxy) is 2. The summed E-state index contributed by atoms with van der Waals surface area (Å²) in [6.45, 7) is 0.160. The molecule has 19 heavy (non-hydrogen) atoms. The van der Waals surface area contributed by atoms with Gasteiger partial charge in [0.2, 0.25) is 0 Å². The summed E-state index contributed by atoms with van der Waals surface area (Å²) in [4.78, 5) is 0. The van der Waals surface area contributed by atoms with Crippen molar-refractivity contribution >= 4 is 11.6 Å². The highest BCUT2D eigenvalue weighted by Gasteiger charge is 2.09. The van der Waals surface area contributed by atoms with E-state index in [1.54, 1.807) is 31.4 Å². The monoisotopic (exact) mass is 278 g/mol. The smallest absolute Gasteiger partial charge is 0.123 e. The van der Waals surface area contributed by atoms with E-state index in [-0.39, 0.29) is 6.61 Å². The van der Waals surface area contributed by atoms with Crippen LogP contribution in [0.15, 0.2) is 48.5 Å². The molecule has 0 heterocycles. The number of halogens is 1. The van der Waals surface area contributed by atoms with Gasteiger partial charge in [0.15, 0.2) is 0 Å². The van der Waals surface area contributed by atoms with E-state index < -0.39 is 6.10 Å². The molecule has 1 unspecified atom stereocenters. The zero-order valence-corrected chi connectivity index (χ0v) is 11.3. The van der Waals surface area contributed by atoms with Gasteiger partial charge in [-0.05, 0) is 29.8 Å². The standard InChI is InChI=1S/C15H15ClO3/c1-18-13-6-3-7-14(9-13)19-10-15(17)11-4-2-5-12(16)8-11/h2-9,15,17H,10H2,1H3. The second-order valence-electron chi connectivity index (χ2n) is 4.06. The Kier molecular flexibility index (Phi) is 4.66. The van der Waals surface area contributed by atoms with Crippen LogP contribution < -0.4 is 9.47 Å².